The van der Waals surface area contributed by atoms with E-state index in [0.717, 1.165) is 6.54 Å². The Hall–Kier alpha value is -1.36. The van der Waals surface area contributed by atoms with Gasteiger partial charge in [-0.2, -0.15) is 0 Å². The van der Waals surface area contributed by atoms with Crippen LogP contribution in [0.4, 0.5) is 4.39 Å². The summed E-state index contributed by atoms with van der Waals surface area (Å²) in [5.74, 6) is 1.10. The van der Waals surface area contributed by atoms with Gasteiger partial charge in [-0.15, -0.1) is 0 Å². The van der Waals surface area contributed by atoms with Gasteiger partial charge in [0, 0.05) is 12.6 Å². The molecule has 1 aliphatic heterocycles. The molecular formula is C11H15FN2O2. The molecule has 1 aliphatic rings. The van der Waals surface area contributed by atoms with E-state index in [1.165, 1.54) is 0 Å². The predicted molar refractivity (Wildman–Crippen MR) is 57.6 cm³/mol. The number of nitrogens with zero attached hydrogens (tertiary/aromatic N) is 1. The number of methoxy groups -OCH3 is 1. The summed E-state index contributed by atoms with van der Waals surface area (Å²) in [6.45, 7) is 1.14. The number of nitrogens with one attached hydrogen (secondary N) is 1. The number of rotatable bonds is 3. The molecule has 0 amide bonds. The number of alkyl halides is 1. The van der Waals surface area contributed by atoms with Crippen LogP contribution in [-0.4, -0.2) is 37.5 Å². The first-order chi connectivity index (χ1) is 7.79. The number of piperidine rings is 1. The lowest BCUT2D eigenvalue weighted by atomic mass is 10.1. The van der Waals surface area contributed by atoms with E-state index < -0.39 is 6.17 Å². The van der Waals surface area contributed by atoms with E-state index in [-0.39, 0.29) is 6.10 Å². The summed E-state index contributed by atoms with van der Waals surface area (Å²) in [5.41, 5.74) is 0. The molecule has 0 saturated carbocycles. The highest BCUT2D eigenvalue weighted by molar-refractivity contribution is 5.23. The van der Waals surface area contributed by atoms with Crippen molar-refractivity contribution in [1.82, 2.24) is 10.3 Å². The summed E-state index contributed by atoms with van der Waals surface area (Å²) >= 11 is 0. The van der Waals surface area contributed by atoms with E-state index in [0.29, 0.717) is 24.6 Å². The second-order valence-corrected chi connectivity index (χ2v) is 3.70. The van der Waals surface area contributed by atoms with Crippen LogP contribution >= 0.6 is 0 Å². The molecule has 0 unspecified atom stereocenters. The van der Waals surface area contributed by atoms with E-state index in [1.54, 1.807) is 25.4 Å². The molecule has 2 heterocycles. The highest BCUT2D eigenvalue weighted by atomic mass is 19.1. The Labute approximate surface area is 93.8 Å². The van der Waals surface area contributed by atoms with E-state index in [1.807, 2.05) is 0 Å². The number of aromatic nitrogens is 1. The molecule has 4 nitrogen and oxygen atoms in total. The Bertz CT molecular complexity index is 331. The van der Waals surface area contributed by atoms with Crippen molar-refractivity contribution in [2.45, 2.75) is 18.7 Å². The van der Waals surface area contributed by atoms with Gasteiger partial charge in [0.1, 0.15) is 18.0 Å². The molecule has 16 heavy (non-hydrogen) atoms. The number of ether oxygens (including phenoxy) is 2. The van der Waals surface area contributed by atoms with Crippen LogP contribution < -0.4 is 14.8 Å². The quantitative estimate of drug-likeness (QED) is 0.840. The van der Waals surface area contributed by atoms with Crippen molar-refractivity contribution in [2.24, 2.45) is 0 Å². The largest absolute Gasteiger partial charge is 0.486 e. The third kappa shape index (κ3) is 2.61. The Morgan fingerprint density at radius 3 is 3.00 bits per heavy atom. The monoisotopic (exact) mass is 226 g/mol. The molecule has 5 heteroatoms. The zero-order valence-electron chi connectivity index (χ0n) is 9.15. The minimum atomic E-state index is -0.962. The summed E-state index contributed by atoms with van der Waals surface area (Å²) < 4.78 is 23.9. The molecule has 1 aromatic heterocycles. The van der Waals surface area contributed by atoms with Gasteiger partial charge in [-0.1, -0.05) is 0 Å². The van der Waals surface area contributed by atoms with Crippen LogP contribution in [0.3, 0.4) is 0 Å². The maximum atomic E-state index is 13.4. The lowest BCUT2D eigenvalue weighted by Gasteiger charge is -2.27. The number of pyridine rings is 1. The number of halogens is 1. The van der Waals surface area contributed by atoms with Crippen molar-refractivity contribution in [3.05, 3.63) is 18.3 Å². The molecule has 1 N–H and O–H groups in total. The van der Waals surface area contributed by atoms with Crippen LogP contribution in [0.1, 0.15) is 6.42 Å². The van der Waals surface area contributed by atoms with Crippen molar-refractivity contribution in [3.8, 4) is 11.6 Å². The van der Waals surface area contributed by atoms with Gasteiger partial charge in [-0.25, -0.2) is 9.37 Å². The summed E-state index contributed by atoms with van der Waals surface area (Å²) in [6.07, 6.45) is 0.883. The summed E-state index contributed by atoms with van der Waals surface area (Å²) in [5, 5.41) is 2.98. The van der Waals surface area contributed by atoms with Crippen molar-refractivity contribution in [2.75, 3.05) is 20.2 Å². The molecule has 1 fully saturated rings. The SMILES string of the molecule is COc1ccc(O[C@@H]2CCNC[C@H]2F)cn1. The molecule has 2 rings (SSSR count). The second-order valence-electron chi connectivity index (χ2n) is 3.70. The van der Waals surface area contributed by atoms with Gasteiger partial charge in [-0.05, 0) is 19.0 Å². The fourth-order valence-corrected chi connectivity index (χ4v) is 1.66. The van der Waals surface area contributed by atoms with Crippen LogP contribution in [0.2, 0.25) is 0 Å². The van der Waals surface area contributed by atoms with Gasteiger partial charge >= 0.3 is 0 Å². The standard InChI is InChI=1S/C11H15FN2O2/c1-15-11-3-2-8(6-14-11)16-10-4-5-13-7-9(10)12/h2-3,6,9-10,13H,4-5,7H2,1H3/t9-,10-/m1/s1. The minimum Gasteiger partial charge on any atom is -0.486 e. The Kier molecular flexibility index (Phi) is 3.56. The molecular weight excluding hydrogens is 211 g/mol. The van der Waals surface area contributed by atoms with Gasteiger partial charge < -0.3 is 14.8 Å². The van der Waals surface area contributed by atoms with Crippen molar-refractivity contribution in [3.63, 3.8) is 0 Å². The first-order valence-corrected chi connectivity index (χ1v) is 5.31. The fraction of sp³-hybridized carbons (Fsp3) is 0.545. The van der Waals surface area contributed by atoms with Crippen molar-refractivity contribution < 1.29 is 13.9 Å². The van der Waals surface area contributed by atoms with Crippen LogP contribution in [0.5, 0.6) is 11.6 Å². The average molecular weight is 226 g/mol. The first kappa shape index (κ1) is 11.1. The Balaban J connectivity index is 1.96. The van der Waals surface area contributed by atoms with Crippen LogP contribution in [-0.2, 0) is 0 Å². The molecule has 0 bridgehead atoms. The minimum absolute atomic E-state index is 0.355. The molecule has 0 radical (unpaired) electrons. The third-order valence-corrected chi connectivity index (χ3v) is 2.55. The Morgan fingerprint density at radius 1 is 1.50 bits per heavy atom. The zero-order chi connectivity index (χ0) is 11.4. The van der Waals surface area contributed by atoms with Gasteiger partial charge in [0.25, 0.3) is 0 Å². The van der Waals surface area contributed by atoms with E-state index in [9.17, 15) is 4.39 Å². The maximum absolute atomic E-state index is 13.4. The van der Waals surface area contributed by atoms with Gasteiger partial charge in [0.2, 0.25) is 5.88 Å². The first-order valence-electron chi connectivity index (χ1n) is 5.31. The molecule has 0 aliphatic carbocycles. The highest BCUT2D eigenvalue weighted by Crippen LogP contribution is 2.19. The van der Waals surface area contributed by atoms with Crippen LogP contribution in [0.15, 0.2) is 18.3 Å². The molecule has 0 aromatic carbocycles. The Morgan fingerprint density at radius 2 is 2.38 bits per heavy atom. The van der Waals surface area contributed by atoms with Crippen molar-refractivity contribution >= 4 is 0 Å². The topological polar surface area (TPSA) is 43.4 Å². The van der Waals surface area contributed by atoms with Crippen LogP contribution in [0, 0.1) is 0 Å². The van der Waals surface area contributed by atoms with Gasteiger partial charge in [-0.3, -0.25) is 0 Å². The smallest absolute Gasteiger partial charge is 0.213 e. The van der Waals surface area contributed by atoms with Crippen molar-refractivity contribution in [1.29, 1.82) is 0 Å². The summed E-state index contributed by atoms with van der Waals surface area (Å²) in [6, 6.07) is 3.43. The molecule has 88 valence electrons. The van der Waals surface area contributed by atoms with Crippen LogP contribution in [0.25, 0.3) is 0 Å². The molecule has 1 aromatic rings. The zero-order valence-corrected chi connectivity index (χ0v) is 9.15. The lowest BCUT2D eigenvalue weighted by molar-refractivity contribution is 0.0727. The number of hydrogen-bond donors (Lipinski definition) is 1. The third-order valence-electron chi connectivity index (χ3n) is 2.55. The molecule has 0 spiro atoms. The normalized spacial score (nSPS) is 25.1. The molecule has 2 atom stereocenters. The average Bonchev–Trinajstić information content (AvgIpc) is 2.33. The second kappa shape index (κ2) is 5.12. The summed E-state index contributed by atoms with van der Waals surface area (Å²) in [4.78, 5) is 4.00. The fourth-order valence-electron chi connectivity index (χ4n) is 1.66. The van der Waals surface area contributed by atoms with E-state index in [2.05, 4.69) is 10.3 Å². The maximum Gasteiger partial charge on any atom is 0.213 e. The van der Waals surface area contributed by atoms with Gasteiger partial charge in [0.15, 0.2) is 0 Å². The molecule has 1 saturated heterocycles. The van der Waals surface area contributed by atoms with Gasteiger partial charge in [0.05, 0.1) is 13.3 Å². The summed E-state index contributed by atoms with van der Waals surface area (Å²) in [7, 11) is 1.55. The van der Waals surface area contributed by atoms with E-state index >= 15 is 0 Å². The lowest BCUT2D eigenvalue weighted by Crippen LogP contribution is -2.44. The predicted octanol–water partition coefficient (Wildman–Crippen LogP) is 1.17. The van der Waals surface area contributed by atoms with E-state index in [4.69, 9.17) is 9.47 Å². The number of hydrogen-bond acceptors (Lipinski definition) is 4. The highest BCUT2D eigenvalue weighted by Gasteiger charge is 2.26.